The van der Waals surface area contributed by atoms with E-state index in [4.69, 9.17) is 0 Å². The van der Waals surface area contributed by atoms with E-state index < -0.39 is 17.9 Å². The Labute approximate surface area is 183 Å². The minimum atomic E-state index is -4.78. The van der Waals surface area contributed by atoms with Gasteiger partial charge in [0.15, 0.2) is 11.3 Å². The smallest absolute Gasteiger partial charge is 0.404 e. The molecule has 0 radical (unpaired) electrons. The van der Waals surface area contributed by atoms with Gasteiger partial charge in [0.25, 0.3) is 0 Å². The van der Waals surface area contributed by atoms with Gasteiger partial charge in [0.05, 0.1) is 42.2 Å². The Hall–Kier alpha value is -3.80. The van der Waals surface area contributed by atoms with E-state index in [9.17, 15) is 22.4 Å². The second-order valence-corrected chi connectivity index (χ2v) is 7.58. The lowest BCUT2D eigenvalue weighted by atomic mass is 10.1. The molecule has 1 aliphatic heterocycles. The third-order valence-corrected chi connectivity index (χ3v) is 5.39. The third-order valence-electron chi connectivity index (χ3n) is 5.39. The molecule has 3 aromatic heterocycles. The van der Waals surface area contributed by atoms with Crippen molar-refractivity contribution in [1.82, 2.24) is 30.0 Å². The quantitative estimate of drug-likeness (QED) is 0.455. The zero-order chi connectivity index (χ0) is 23.3. The summed E-state index contributed by atoms with van der Waals surface area (Å²) in [4.78, 5) is 24.4. The fraction of sp³-hybridized carbons (Fsp3) is 0.238. The monoisotopic (exact) mass is 460 g/mol. The molecule has 0 aliphatic carbocycles. The molecule has 2 N–H and O–H groups in total. The highest BCUT2D eigenvalue weighted by atomic mass is 19.4. The second kappa shape index (κ2) is 7.66. The molecule has 4 aromatic rings. The Morgan fingerprint density at radius 1 is 1.21 bits per heavy atom. The summed E-state index contributed by atoms with van der Waals surface area (Å²) < 4.78 is 56.1. The molecule has 5 rings (SSSR count). The van der Waals surface area contributed by atoms with Crippen molar-refractivity contribution in [3.8, 4) is 17.3 Å². The van der Waals surface area contributed by atoms with Gasteiger partial charge >= 0.3 is 6.36 Å². The Morgan fingerprint density at radius 2 is 2.03 bits per heavy atom. The lowest BCUT2D eigenvalue weighted by molar-refractivity contribution is -0.274. The van der Waals surface area contributed by atoms with Gasteiger partial charge in [0.2, 0.25) is 0 Å². The van der Waals surface area contributed by atoms with Gasteiger partial charge in [0, 0.05) is 10.9 Å². The fourth-order valence-electron chi connectivity index (χ4n) is 3.78. The number of hydrogen-bond acceptors (Lipinski definition) is 6. The van der Waals surface area contributed by atoms with Crippen LogP contribution in [0.4, 0.5) is 17.6 Å². The summed E-state index contributed by atoms with van der Waals surface area (Å²) in [5.74, 6) is 0.0359. The van der Waals surface area contributed by atoms with Crippen LogP contribution < -0.4 is 15.5 Å². The number of benzene rings is 1. The van der Waals surface area contributed by atoms with Gasteiger partial charge in [0.1, 0.15) is 17.4 Å². The maximum absolute atomic E-state index is 13.5. The number of rotatable bonds is 3. The number of fused-ring (bicyclic) bond motifs is 2. The summed E-state index contributed by atoms with van der Waals surface area (Å²) in [6.45, 7) is 2.28. The summed E-state index contributed by atoms with van der Waals surface area (Å²) >= 11 is 0. The summed E-state index contributed by atoms with van der Waals surface area (Å²) in [5, 5.41) is 7.97. The average Bonchev–Trinajstić information content (AvgIpc) is 3.19. The molecule has 1 atom stereocenters. The summed E-state index contributed by atoms with van der Waals surface area (Å²) in [5.41, 5.74) is 1.47. The number of nitrogens with zero attached hydrogens (tertiary/aromatic N) is 4. The standard InChI is InChI=1S/C21H16F4N6O2/c1-10-18(28-14-4-2-11(22)6-13(14)19(10)32)20-29-17-8-27-16(9-31(17)30-20)15-5-3-12(7-26-15)33-21(23,24)25/h2-7,16,27H,8-9H2,1H3,(H,28,32). The van der Waals surface area contributed by atoms with Crippen LogP contribution in [0.2, 0.25) is 0 Å². The SMILES string of the molecule is Cc1c(-c2nc3n(n2)CC(c2ccc(OC(F)(F)F)cn2)NC3)[nH]c2ccc(F)cc2c1=O. The van der Waals surface area contributed by atoms with Crippen LogP contribution in [0.3, 0.4) is 0 Å². The van der Waals surface area contributed by atoms with Gasteiger partial charge < -0.3 is 15.0 Å². The molecule has 1 aliphatic rings. The van der Waals surface area contributed by atoms with Gasteiger partial charge in [-0.15, -0.1) is 18.3 Å². The van der Waals surface area contributed by atoms with Crippen molar-refractivity contribution in [3.63, 3.8) is 0 Å². The highest BCUT2D eigenvalue weighted by Crippen LogP contribution is 2.26. The topological polar surface area (TPSA) is 97.7 Å². The van der Waals surface area contributed by atoms with Crippen LogP contribution in [0, 0.1) is 12.7 Å². The Kier molecular flexibility index (Phi) is 4.89. The van der Waals surface area contributed by atoms with E-state index in [0.29, 0.717) is 47.2 Å². The van der Waals surface area contributed by atoms with E-state index in [-0.39, 0.29) is 16.9 Å². The number of pyridine rings is 2. The van der Waals surface area contributed by atoms with Gasteiger partial charge in [-0.05, 0) is 37.3 Å². The van der Waals surface area contributed by atoms with Crippen molar-refractivity contribution < 1.29 is 22.3 Å². The summed E-state index contributed by atoms with van der Waals surface area (Å²) in [6, 6.07) is 6.27. The van der Waals surface area contributed by atoms with E-state index in [0.717, 1.165) is 6.20 Å². The number of aromatic amines is 1. The zero-order valence-corrected chi connectivity index (χ0v) is 17.1. The van der Waals surface area contributed by atoms with Gasteiger partial charge in [-0.1, -0.05) is 0 Å². The highest BCUT2D eigenvalue weighted by molar-refractivity contribution is 5.82. The highest BCUT2D eigenvalue weighted by Gasteiger charge is 2.31. The van der Waals surface area contributed by atoms with Crippen LogP contribution in [-0.4, -0.2) is 31.1 Å². The van der Waals surface area contributed by atoms with Gasteiger partial charge in [-0.3, -0.25) is 9.78 Å². The first-order chi connectivity index (χ1) is 15.7. The molecule has 170 valence electrons. The second-order valence-electron chi connectivity index (χ2n) is 7.58. The van der Waals surface area contributed by atoms with Crippen LogP contribution in [0.25, 0.3) is 22.4 Å². The van der Waals surface area contributed by atoms with E-state index in [1.54, 1.807) is 11.6 Å². The number of nitrogens with one attached hydrogen (secondary N) is 2. The van der Waals surface area contributed by atoms with E-state index in [2.05, 4.69) is 30.1 Å². The molecule has 0 saturated carbocycles. The Bertz CT molecular complexity index is 1410. The molecular weight excluding hydrogens is 444 g/mol. The average molecular weight is 460 g/mol. The molecule has 0 amide bonds. The van der Waals surface area contributed by atoms with Crippen molar-refractivity contribution in [2.24, 2.45) is 0 Å². The lowest BCUT2D eigenvalue weighted by Gasteiger charge is -2.23. The summed E-state index contributed by atoms with van der Waals surface area (Å²) in [6.07, 6.45) is -3.77. The van der Waals surface area contributed by atoms with Crippen LogP contribution in [-0.2, 0) is 13.1 Å². The van der Waals surface area contributed by atoms with Crippen LogP contribution in [0.5, 0.6) is 5.75 Å². The Morgan fingerprint density at radius 3 is 2.76 bits per heavy atom. The predicted molar refractivity (Wildman–Crippen MR) is 109 cm³/mol. The molecule has 0 saturated heterocycles. The third kappa shape index (κ3) is 4.04. The van der Waals surface area contributed by atoms with Gasteiger partial charge in [-0.25, -0.2) is 14.1 Å². The molecule has 0 spiro atoms. The lowest BCUT2D eigenvalue weighted by Crippen LogP contribution is -2.33. The number of aromatic nitrogens is 5. The number of alkyl halides is 3. The molecular formula is C21H16F4N6O2. The normalized spacial score (nSPS) is 16.1. The maximum Gasteiger partial charge on any atom is 0.573 e. The molecule has 1 unspecified atom stereocenters. The maximum atomic E-state index is 13.5. The minimum absolute atomic E-state index is 0.242. The van der Waals surface area contributed by atoms with Gasteiger partial charge in [-0.2, -0.15) is 0 Å². The minimum Gasteiger partial charge on any atom is -0.404 e. The van der Waals surface area contributed by atoms with Crippen LogP contribution in [0.15, 0.2) is 41.3 Å². The van der Waals surface area contributed by atoms with Crippen molar-refractivity contribution >= 4 is 10.9 Å². The molecule has 33 heavy (non-hydrogen) atoms. The van der Waals surface area contributed by atoms with Crippen LogP contribution >= 0.6 is 0 Å². The molecule has 4 heterocycles. The first kappa shape index (κ1) is 21.1. The molecule has 1 aromatic carbocycles. The van der Waals surface area contributed by atoms with E-state index in [1.807, 2.05) is 0 Å². The number of halogens is 4. The number of ether oxygens (including phenoxy) is 1. The first-order valence-electron chi connectivity index (χ1n) is 9.89. The first-order valence-corrected chi connectivity index (χ1v) is 9.89. The molecule has 12 heteroatoms. The Balaban J connectivity index is 1.43. The number of hydrogen-bond donors (Lipinski definition) is 2. The van der Waals surface area contributed by atoms with Crippen molar-refractivity contribution in [1.29, 1.82) is 0 Å². The molecule has 8 nitrogen and oxygen atoms in total. The molecule has 0 bridgehead atoms. The van der Waals surface area contributed by atoms with Crippen molar-refractivity contribution in [2.75, 3.05) is 0 Å². The number of H-pyrrole nitrogens is 1. The van der Waals surface area contributed by atoms with Crippen molar-refractivity contribution in [2.45, 2.75) is 32.4 Å². The van der Waals surface area contributed by atoms with Crippen molar-refractivity contribution in [3.05, 3.63) is 69.7 Å². The summed E-state index contributed by atoms with van der Waals surface area (Å²) in [7, 11) is 0. The van der Waals surface area contributed by atoms with E-state index in [1.165, 1.54) is 30.3 Å². The predicted octanol–water partition coefficient (Wildman–Crippen LogP) is 3.37. The molecule has 0 fully saturated rings. The fourth-order valence-corrected chi connectivity index (χ4v) is 3.78. The zero-order valence-electron chi connectivity index (χ0n) is 17.1. The van der Waals surface area contributed by atoms with E-state index >= 15 is 0 Å². The van der Waals surface area contributed by atoms with Crippen LogP contribution in [0.1, 0.15) is 23.1 Å². The largest absolute Gasteiger partial charge is 0.573 e.